The molecular formula is C18H27N5O3S2. The van der Waals surface area contributed by atoms with Crippen molar-refractivity contribution in [3.8, 4) is 0 Å². The summed E-state index contributed by atoms with van der Waals surface area (Å²) in [6.45, 7) is 9.63. The molecule has 2 amide bonds. The maximum Gasteiger partial charge on any atom is 0.413 e. The number of carbonyl (C=O) groups is 2. The van der Waals surface area contributed by atoms with Crippen molar-refractivity contribution in [3.63, 3.8) is 0 Å². The topological polar surface area (TPSA) is 106 Å². The first-order valence-corrected chi connectivity index (χ1v) is 11.0. The Hall–Kier alpha value is -2.07. The molecule has 154 valence electrons. The van der Waals surface area contributed by atoms with E-state index in [1.807, 2.05) is 0 Å². The molecule has 0 fully saturated rings. The maximum absolute atomic E-state index is 12.3. The van der Waals surface area contributed by atoms with Crippen LogP contribution in [0.15, 0.2) is 5.38 Å². The Kier molecular flexibility index (Phi) is 7.88. The number of anilines is 2. The molecule has 0 saturated carbocycles. The van der Waals surface area contributed by atoms with Crippen molar-refractivity contribution < 1.29 is 14.3 Å². The highest BCUT2D eigenvalue weighted by molar-refractivity contribution is 7.15. The quantitative estimate of drug-likeness (QED) is 0.628. The summed E-state index contributed by atoms with van der Waals surface area (Å²) in [4.78, 5) is 28.3. The van der Waals surface area contributed by atoms with E-state index in [0.717, 1.165) is 24.3 Å². The van der Waals surface area contributed by atoms with Gasteiger partial charge in [0.25, 0.3) is 0 Å². The molecule has 0 spiro atoms. The van der Waals surface area contributed by atoms with Crippen molar-refractivity contribution in [1.82, 2.24) is 15.2 Å². The van der Waals surface area contributed by atoms with Crippen LogP contribution in [0.25, 0.3) is 0 Å². The maximum atomic E-state index is 12.3. The number of amides is 2. The fraction of sp³-hybridized carbons (Fsp3) is 0.611. The van der Waals surface area contributed by atoms with E-state index in [0.29, 0.717) is 21.9 Å². The highest BCUT2D eigenvalue weighted by Crippen LogP contribution is 2.29. The van der Waals surface area contributed by atoms with Crippen LogP contribution in [-0.2, 0) is 16.0 Å². The van der Waals surface area contributed by atoms with Gasteiger partial charge in [-0.2, -0.15) is 0 Å². The van der Waals surface area contributed by atoms with Crippen molar-refractivity contribution in [1.29, 1.82) is 0 Å². The Labute approximate surface area is 173 Å². The van der Waals surface area contributed by atoms with Gasteiger partial charge in [0.05, 0.1) is 12.1 Å². The molecule has 2 rings (SSSR count). The van der Waals surface area contributed by atoms with E-state index in [-0.39, 0.29) is 12.3 Å². The molecule has 2 aromatic rings. The molecule has 2 heterocycles. The van der Waals surface area contributed by atoms with Gasteiger partial charge >= 0.3 is 6.09 Å². The van der Waals surface area contributed by atoms with Gasteiger partial charge in [0.15, 0.2) is 5.13 Å². The van der Waals surface area contributed by atoms with Crippen LogP contribution in [0.3, 0.4) is 0 Å². The minimum Gasteiger partial charge on any atom is -0.444 e. The monoisotopic (exact) mass is 425 g/mol. The van der Waals surface area contributed by atoms with Crippen molar-refractivity contribution in [2.45, 2.75) is 71.8 Å². The van der Waals surface area contributed by atoms with Gasteiger partial charge in [-0.05, 0) is 33.6 Å². The largest absolute Gasteiger partial charge is 0.444 e. The molecule has 0 aliphatic carbocycles. The highest BCUT2D eigenvalue weighted by atomic mass is 32.1. The molecule has 2 aromatic heterocycles. The average molecular weight is 426 g/mol. The Morgan fingerprint density at radius 3 is 2.57 bits per heavy atom. The van der Waals surface area contributed by atoms with E-state index >= 15 is 0 Å². The lowest BCUT2D eigenvalue weighted by Gasteiger charge is -2.18. The number of nitrogens with one attached hydrogen (secondary N) is 2. The summed E-state index contributed by atoms with van der Waals surface area (Å²) in [7, 11) is 0. The van der Waals surface area contributed by atoms with Crippen LogP contribution in [0.2, 0.25) is 0 Å². The summed E-state index contributed by atoms with van der Waals surface area (Å²) in [5.74, 6) is 0.161. The van der Waals surface area contributed by atoms with E-state index in [1.165, 1.54) is 22.7 Å². The van der Waals surface area contributed by atoms with Crippen molar-refractivity contribution in [2.75, 3.05) is 10.6 Å². The molecular weight excluding hydrogens is 398 g/mol. The predicted molar refractivity (Wildman–Crippen MR) is 112 cm³/mol. The second-order valence-electron chi connectivity index (χ2n) is 7.34. The summed E-state index contributed by atoms with van der Waals surface area (Å²) in [5.41, 5.74) is -0.0193. The first-order valence-electron chi connectivity index (χ1n) is 9.27. The molecule has 1 atom stereocenters. The lowest BCUT2D eigenvalue weighted by Crippen LogP contribution is -2.27. The number of hydrogen-bond acceptors (Lipinski definition) is 8. The van der Waals surface area contributed by atoms with Gasteiger partial charge in [0.1, 0.15) is 10.6 Å². The van der Waals surface area contributed by atoms with Gasteiger partial charge in [0.2, 0.25) is 11.0 Å². The van der Waals surface area contributed by atoms with Gasteiger partial charge < -0.3 is 10.1 Å². The minimum absolute atomic E-state index is 0.0909. The molecule has 28 heavy (non-hydrogen) atoms. The zero-order chi connectivity index (χ0) is 20.7. The van der Waals surface area contributed by atoms with Crippen LogP contribution < -0.4 is 10.6 Å². The van der Waals surface area contributed by atoms with Crippen LogP contribution >= 0.6 is 22.7 Å². The number of hydrogen-bond donors (Lipinski definition) is 2. The second-order valence-corrected chi connectivity index (χ2v) is 9.20. The number of ether oxygens (including phenoxy) is 1. The van der Waals surface area contributed by atoms with Crippen LogP contribution in [0, 0.1) is 0 Å². The van der Waals surface area contributed by atoms with Gasteiger partial charge in [0, 0.05) is 11.3 Å². The molecule has 8 nitrogen and oxygen atoms in total. The Bertz CT molecular complexity index is 797. The summed E-state index contributed by atoms with van der Waals surface area (Å²) in [5, 5.41) is 17.2. The van der Waals surface area contributed by atoms with E-state index in [1.54, 1.807) is 26.2 Å². The van der Waals surface area contributed by atoms with E-state index in [9.17, 15) is 9.59 Å². The Balaban J connectivity index is 1.88. The second kappa shape index (κ2) is 9.92. The van der Waals surface area contributed by atoms with E-state index in [2.05, 4.69) is 39.7 Å². The molecule has 0 bridgehead atoms. The number of rotatable bonds is 8. The van der Waals surface area contributed by atoms with Crippen molar-refractivity contribution in [3.05, 3.63) is 16.1 Å². The van der Waals surface area contributed by atoms with Crippen LogP contribution in [0.1, 0.15) is 70.5 Å². The summed E-state index contributed by atoms with van der Waals surface area (Å²) in [6.07, 6.45) is 2.67. The smallest absolute Gasteiger partial charge is 0.413 e. The molecule has 0 aliphatic heterocycles. The number of carbonyl (C=O) groups excluding carboxylic acids is 2. The third-order valence-corrected chi connectivity index (χ3v) is 5.48. The van der Waals surface area contributed by atoms with Crippen molar-refractivity contribution >= 4 is 44.9 Å². The fourth-order valence-electron chi connectivity index (χ4n) is 2.47. The first kappa shape index (κ1) is 22.2. The highest BCUT2D eigenvalue weighted by Gasteiger charge is 2.18. The Morgan fingerprint density at radius 2 is 1.93 bits per heavy atom. The zero-order valence-corrected chi connectivity index (χ0v) is 18.5. The molecule has 0 radical (unpaired) electrons. The van der Waals surface area contributed by atoms with Gasteiger partial charge in [-0.15, -0.1) is 21.5 Å². The lowest BCUT2D eigenvalue weighted by atomic mass is 10.0. The van der Waals surface area contributed by atoms with Gasteiger partial charge in [-0.25, -0.2) is 9.78 Å². The van der Waals surface area contributed by atoms with Gasteiger partial charge in [-0.3, -0.25) is 10.1 Å². The standard InChI is InChI=1S/C18H27N5O3S2/c1-6-8-11(7-2)14-22-23-16(28-14)20-13(24)9-12-10-27-15(19-12)21-17(25)26-18(3,4)5/h10-11H,6-9H2,1-5H3,(H,19,21,25)(H,20,23,24). The molecule has 2 N–H and O–H groups in total. The summed E-state index contributed by atoms with van der Waals surface area (Å²) >= 11 is 2.66. The third-order valence-electron chi connectivity index (χ3n) is 3.67. The van der Waals surface area contributed by atoms with Crippen LogP contribution in [0.4, 0.5) is 15.1 Å². The fourth-order valence-corrected chi connectivity index (χ4v) is 4.14. The van der Waals surface area contributed by atoms with E-state index < -0.39 is 11.7 Å². The van der Waals surface area contributed by atoms with Gasteiger partial charge in [-0.1, -0.05) is 31.6 Å². The Morgan fingerprint density at radius 1 is 1.18 bits per heavy atom. The summed E-state index contributed by atoms with van der Waals surface area (Å²) < 4.78 is 5.18. The molecule has 10 heteroatoms. The average Bonchev–Trinajstić information content (AvgIpc) is 3.20. The minimum atomic E-state index is -0.585. The zero-order valence-electron chi connectivity index (χ0n) is 16.9. The number of aromatic nitrogens is 3. The normalized spacial score (nSPS) is 12.5. The third kappa shape index (κ3) is 7.16. The molecule has 0 aliphatic rings. The van der Waals surface area contributed by atoms with Crippen LogP contribution in [0.5, 0.6) is 0 Å². The molecule has 1 unspecified atom stereocenters. The number of thiazole rings is 1. The number of nitrogens with zero attached hydrogens (tertiary/aromatic N) is 3. The van der Waals surface area contributed by atoms with Crippen LogP contribution in [-0.4, -0.2) is 32.8 Å². The molecule has 0 saturated heterocycles. The van der Waals surface area contributed by atoms with E-state index in [4.69, 9.17) is 4.74 Å². The summed E-state index contributed by atoms with van der Waals surface area (Å²) in [6, 6.07) is 0. The van der Waals surface area contributed by atoms with Crippen molar-refractivity contribution in [2.24, 2.45) is 0 Å². The first-order chi connectivity index (χ1) is 13.2. The lowest BCUT2D eigenvalue weighted by molar-refractivity contribution is -0.115. The SMILES string of the molecule is CCCC(CC)c1nnc(NC(=O)Cc2csc(NC(=O)OC(C)(C)C)n2)s1. The predicted octanol–water partition coefficient (Wildman–Crippen LogP) is 4.82. The molecule has 0 aromatic carbocycles.